The molecule has 1 aromatic heterocycles. The Morgan fingerprint density at radius 1 is 1.71 bits per heavy atom. The van der Waals surface area contributed by atoms with E-state index >= 15 is 0 Å². The van der Waals surface area contributed by atoms with Crippen LogP contribution < -0.4 is 5.32 Å². The molecule has 1 heterocycles. The number of carbonyl (C=O) groups excluding carboxylic acids is 1. The lowest BCUT2D eigenvalue weighted by Crippen LogP contribution is -2.31. The minimum atomic E-state index is -0.131. The number of furan rings is 1. The Bertz CT molecular complexity index is 272. The van der Waals surface area contributed by atoms with Crippen LogP contribution in [0.25, 0.3) is 0 Å². The highest BCUT2D eigenvalue weighted by atomic mass is 35.5. The fourth-order valence-corrected chi connectivity index (χ4v) is 1.15. The largest absolute Gasteiger partial charge is 0.469 e. The molecule has 1 unspecified atom stereocenters. The van der Waals surface area contributed by atoms with E-state index in [1.807, 2.05) is 12.1 Å². The van der Waals surface area contributed by atoms with E-state index in [0.29, 0.717) is 18.8 Å². The molecule has 0 fully saturated rings. The van der Waals surface area contributed by atoms with Crippen molar-refractivity contribution in [3.8, 4) is 0 Å². The van der Waals surface area contributed by atoms with Crippen LogP contribution in [0.5, 0.6) is 0 Å². The van der Waals surface area contributed by atoms with Crippen molar-refractivity contribution >= 4 is 17.5 Å². The summed E-state index contributed by atoms with van der Waals surface area (Å²) in [5, 5.41) is 2.79. The molecule has 0 aliphatic heterocycles. The van der Waals surface area contributed by atoms with Gasteiger partial charge in [-0.25, -0.2) is 0 Å². The second-order valence-electron chi connectivity index (χ2n) is 3.18. The van der Waals surface area contributed by atoms with Crippen LogP contribution in [0, 0.1) is 5.92 Å². The van der Waals surface area contributed by atoms with Crippen LogP contribution in [0.3, 0.4) is 0 Å². The van der Waals surface area contributed by atoms with Crippen LogP contribution in [-0.2, 0) is 11.2 Å². The lowest BCUT2D eigenvalue weighted by Gasteiger charge is -2.07. The predicted octanol–water partition coefficient (Wildman–Crippen LogP) is 1.81. The summed E-state index contributed by atoms with van der Waals surface area (Å²) in [6, 6.07) is 3.72. The first-order chi connectivity index (χ1) is 6.74. The summed E-state index contributed by atoms with van der Waals surface area (Å²) in [5.41, 5.74) is 0. The molecule has 0 saturated carbocycles. The van der Waals surface area contributed by atoms with E-state index in [9.17, 15) is 4.79 Å². The lowest BCUT2D eigenvalue weighted by atomic mass is 10.2. The average Bonchev–Trinajstić information content (AvgIpc) is 2.69. The molecular formula is C10H14ClNO2. The Hall–Kier alpha value is -0.960. The molecule has 0 radical (unpaired) electrons. The maximum absolute atomic E-state index is 11.3. The van der Waals surface area contributed by atoms with Gasteiger partial charge in [-0.2, -0.15) is 0 Å². The van der Waals surface area contributed by atoms with Gasteiger partial charge in [0, 0.05) is 24.8 Å². The molecule has 1 atom stereocenters. The van der Waals surface area contributed by atoms with Crippen LogP contribution >= 0.6 is 11.6 Å². The monoisotopic (exact) mass is 215 g/mol. The number of nitrogens with one attached hydrogen (secondary N) is 1. The van der Waals surface area contributed by atoms with Crippen LogP contribution in [-0.4, -0.2) is 18.3 Å². The molecule has 4 heteroatoms. The highest BCUT2D eigenvalue weighted by molar-refractivity contribution is 6.19. The minimum Gasteiger partial charge on any atom is -0.469 e. The van der Waals surface area contributed by atoms with Crippen LogP contribution in [0.2, 0.25) is 0 Å². The van der Waals surface area contributed by atoms with Gasteiger partial charge in [0.25, 0.3) is 0 Å². The van der Waals surface area contributed by atoms with Gasteiger partial charge < -0.3 is 9.73 Å². The Labute approximate surface area is 88.4 Å². The molecule has 1 N–H and O–H groups in total. The third-order valence-corrected chi connectivity index (χ3v) is 2.39. The second kappa shape index (κ2) is 5.70. The summed E-state index contributed by atoms with van der Waals surface area (Å²) in [6.45, 7) is 2.39. The van der Waals surface area contributed by atoms with Gasteiger partial charge in [0.1, 0.15) is 5.76 Å². The first-order valence-electron chi connectivity index (χ1n) is 4.60. The molecule has 0 aliphatic rings. The normalized spacial score (nSPS) is 12.4. The number of amides is 1. The maximum Gasteiger partial charge on any atom is 0.224 e. The van der Waals surface area contributed by atoms with Gasteiger partial charge in [-0.1, -0.05) is 6.92 Å². The molecule has 1 amide bonds. The summed E-state index contributed by atoms with van der Waals surface area (Å²) in [6.07, 6.45) is 2.34. The van der Waals surface area contributed by atoms with E-state index in [1.165, 1.54) is 0 Å². The Balaban J connectivity index is 2.18. The molecule has 14 heavy (non-hydrogen) atoms. The summed E-state index contributed by atoms with van der Waals surface area (Å²) >= 11 is 5.55. The quantitative estimate of drug-likeness (QED) is 0.762. The Morgan fingerprint density at radius 3 is 3.07 bits per heavy atom. The smallest absolute Gasteiger partial charge is 0.224 e. The van der Waals surface area contributed by atoms with Crippen molar-refractivity contribution in [1.29, 1.82) is 0 Å². The topological polar surface area (TPSA) is 42.2 Å². The number of halogens is 1. The van der Waals surface area contributed by atoms with Crippen molar-refractivity contribution in [1.82, 2.24) is 5.32 Å². The van der Waals surface area contributed by atoms with Crippen molar-refractivity contribution in [2.24, 2.45) is 5.92 Å². The molecule has 78 valence electrons. The van der Waals surface area contributed by atoms with E-state index in [1.54, 1.807) is 13.2 Å². The fourth-order valence-electron chi connectivity index (χ4n) is 1.01. The number of carbonyl (C=O) groups is 1. The summed E-state index contributed by atoms with van der Waals surface area (Å²) in [4.78, 5) is 11.3. The van der Waals surface area contributed by atoms with Crippen molar-refractivity contribution in [2.45, 2.75) is 13.3 Å². The molecule has 0 aliphatic carbocycles. The second-order valence-corrected chi connectivity index (χ2v) is 3.48. The van der Waals surface area contributed by atoms with Crippen LogP contribution in [0.15, 0.2) is 22.8 Å². The average molecular weight is 216 g/mol. The molecule has 0 bridgehead atoms. The SMILES string of the molecule is CC(CCl)C(=O)NCCc1ccco1. The lowest BCUT2D eigenvalue weighted by molar-refractivity contribution is -0.123. The number of alkyl halides is 1. The van der Waals surface area contributed by atoms with E-state index in [0.717, 1.165) is 5.76 Å². The van der Waals surface area contributed by atoms with Gasteiger partial charge in [-0.05, 0) is 12.1 Å². The highest BCUT2D eigenvalue weighted by Gasteiger charge is 2.10. The zero-order chi connectivity index (χ0) is 10.4. The molecule has 1 aromatic rings. The molecular weight excluding hydrogens is 202 g/mol. The Kier molecular flexibility index (Phi) is 4.53. The standard InChI is InChI=1S/C10H14ClNO2/c1-8(7-11)10(13)12-5-4-9-3-2-6-14-9/h2-3,6,8H,4-5,7H2,1H3,(H,12,13). The van der Waals surface area contributed by atoms with Crippen molar-refractivity contribution in [3.63, 3.8) is 0 Å². The van der Waals surface area contributed by atoms with Gasteiger partial charge in [0.2, 0.25) is 5.91 Å². The third-order valence-electron chi connectivity index (χ3n) is 1.93. The molecule has 3 nitrogen and oxygen atoms in total. The summed E-state index contributed by atoms with van der Waals surface area (Å²) < 4.78 is 5.12. The first-order valence-corrected chi connectivity index (χ1v) is 5.13. The first kappa shape index (κ1) is 11.1. The van der Waals surface area contributed by atoms with Crippen molar-refractivity contribution in [3.05, 3.63) is 24.2 Å². The van der Waals surface area contributed by atoms with Gasteiger partial charge in [0.05, 0.1) is 6.26 Å². The van der Waals surface area contributed by atoms with E-state index in [2.05, 4.69) is 5.32 Å². The Morgan fingerprint density at radius 2 is 2.50 bits per heavy atom. The molecule has 0 saturated heterocycles. The summed E-state index contributed by atoms with van der Waals surface area (Å²) in [5.74, 6) is 1.09. The highest BCUT2D eigenvalue weighted by Crippen LogP contribution is 2.01. The zero-order valence-corrected chi connectivity index (χ0v) is 8.88. The number of rotatable bonds is 5. The predicted molar refractivity (Wildman–Crippen MR) is 55.3 cm³/mol. The van der Waals surface area contributed by atoms with Crippen molar-refractivity contribution in [2.75, 3.05) is 12.4 Å². The van der Waals surface area contributed by atoms with Crippen LogP contribution in [0.4, 0.5) is 0 Å². The number of hydrogen-bond donors (Lipinski definition) is 1. The molecule has 0 aromatic carbocycles. The number of hydrogen-bond acceptors (Lipinski definition) is 2. The zero-order valence-electron chi connectivity index (χ0n) is 8.13. The molecule has 0 spiro atoms. The molecule has 1 rings (SSSR count). The fraction of sp³-hybridized carbons (Fsp3) is 0.500. The third kappa shape index (κ3) is 3.42. The summed E-state index contributed by atoms with van der Waals surface area (Å²) in [7, 11) is 0. The van der Waals surface area contributed by atoms with Gasteiger partial charge in [-0.3, -0.25) is 4.79 Å². The van der Waals surface area contributed by atoms with Gasteiger partial charge >= 0.3 is 0 Å². The van der Waals surface area contributed by atoms with E-state index < -0.39 is 0 Å². The van der Waals surface area contributed by atoms with E-state index in [4.69, 9.17) is 16.0 Å². The van der Waals surface area contributed by atoms with E-state index in [-0.39, 0.29) is 11.8 Å². The van der Waals surface area contributed by atoms with Gasteiger partial charge in [0.15, 0.2) is 0 Å². The van der Waals surface area contributed by atoms with Crippen molar-refractivity contribution < 1.29 is 9.21 Å². The maximum atomic E-state index is 11.3. The minimum absolute atomic E-state index is 0.00782. The van der Waals surface area contributed by atoms with Crippen LogP contribution in [0.1, 0.15) is 12.7 Å². The van der Waals surface area contributed by atoms with Gasteiger partial charge in [-0.15, -0.1) is 11.6 Å².